The van der Waals surface area contributed by atoms with Gasteiger partial charge in [-0.15, -0.1) is 0 Å². The maximum atomic E-state index is 12.8. The van der Waals surface area contributed by atoms with Gasteiger partial charge in [0.05, 0.1) is 5.52 Å². The summed E-state index contributed by atoms with van der Waals surface area (Å²) in [5.41, 5.74) is 7.27. The molecule has 0 spiro atoms. The zero-order valence-corrected chi connectivity index (χ0v) is 11.7. The maximum Gasteiger partial charge on any atom is 0.275 e. The molecule has 5 nitrogen and oxygen atoms in total. The van der Waals surface area contributed by atoms with Crippen LogP contribution in [0.2, 0.25) is 0 Å². The Balaban J connectivity index is 1.95. The Hall–Kier alpha value is -1.88. The molecule has 1 saturated heterocycles. The number of piperidine rings is 1. The van der Waals surface area contributed by atoms with Gasteiger partial charge in [0.1, 0.15) is 0 Å². The predicted octanol–water partition coefficient (Wildman–Crippen LogP) is 1.76. The third-order valence-corrected chi connectivity index (χ3v) is 4.29. The van der Waals surface area contributed by atoms with Gasteiger partial charge in [-0.1, -0.05) is 25.1 Å². The van der Waals surface area contributed by atoms with E-state index in [2.05, 4.69) is 17.1 Å². The van der Waals surface area contributed by atoms with Crippen LogP contribution in [0, 0.1) is 5.92 Å². The van der Waals surface area contributed by atoms with Crippen molar-refractivity contribution >= 4 is 16.8 Å². The molecule has 1 aliphatic rings. The van der Waals surface area contributed by atoms with E-state index >= 15 is 0 Å². The Morgan fingerprint density at radius 3 is 3.10 bits per heavy atom. The average Bonchev–Trinajstić information content (AvgIpc) is 2.90. The number of carbonyl (C=O) groups excluding carboxylic acids is 1. The Kier molecular flexibility index (Phi) is 3.44. The van der Waals surface area contributed by atoms with E-state index in [1.165, 1.54) is 0 Å². The predicted molar refractivity (Wildman–Crippen MR) is 78.4 cm³/mol. The number of likely N-dealkylation sites (tertiary alicyclic amines) is 1. The molecule has 1 aromatic heterocycles. The lowest BCUT2D eigenvalue weighted by Crippen LogP contribution is -2.51. The van der Waals surface area contributed by atoms with Crippen LogP contribution in [0.3, 0.4) is 0 Å². The largest absolute Gasteiger partial charge is 0.333 e. The fourth-order valence-electron chi connectivity index (χ4n) is 3.12. The summed E-state index contributed by atoms with van der Waals surface area (Å²) in [5, 5.41) is 8.01. The first kappa shape index (κ1) is 13.1. The molecule has 106 valence electrons. The molecule has 2 atom stereocenters. The Labute approximate surface area is 118 Å². The molecule has 3 N–H and O–H groups in total. The molecule has 20 heavy (non-hydrogen) atoms. The molecule has 1 amide bonds. The van der Waals surface area contributed by atoms with Crippen molar-refractivity contribution in [1.82, 2.24) is 15.1 Å². The van der Waals surface area contributed by atoms with E-state index in [0.717, 1.165) is 30.3 Å². The SMILES string of the molecule is C[C@@H]1CCCN(C(=O)c2n[nH]c3ccccc23)[C@H]1CN. The summed E-state index contributed by atoms with van der Waals surface area (Å²) in [4.78, 5) is 14.7. The van der Waals surface area contributed by atoms with Crippen molar-refractivity contribution in [1.29, 1.82) is 0 Å². The summed E-state index contributed by atoms with van der Waals surface area (Å²) in [6, 6.07) is 7.83. The van der Waals surface area contributed by atoms with Gasteiger partial charge in [0.2, 0.25) is 0 Å². The molecule has 2 aromatic rings. The topological polar surface area (TPSA) is 75.0 Å². The lowest BCUT2D eigenvalue weighted by atomic mass is 9.90. The van der Waals surface area contributed by atoms with E-state index in [0.29, 0.717) is 18.2 Å². The molecule has 5 heteroatoms. The van der Waals surface area contributed by atoms with Crippen LogP contribution in [0.25, 0.3) is 10.9 Å². The van der Waals surface area contributed by atoms with Crippen LogP contribution in [-0.4, -0.2) is 40.1 Å². The van der Waals surface area contributed by atoms with Crippen molar-refractivity contribution in [3.05, 3.63) is 30.0 Å². The van der Waals surface area contributed by atoms with E-state index in [1.807, 2.05) is 29.2 Å². The Morgan fingerprint density at radius 2 is 2.30 bits per heavy atom. The minimum Gasteiger partial charge on any atom is -0.333 e. The summed E-state index contributed by atoms with van der Waals surface area (Å²) < 4.78 is 0. The molecular formula is C15H20N4O. The lowest BCUT2D eigenvalue weighted by molar-refractivity contribution is 0.0528. The highest BCUT2D eigenvalue weighted by atomic mass is 16.2. The summed E-state index contributed by atoms with van der Waals surface area (Å²) in [5.74, 6) is 0.437. The standard InChI is InChI=1S/C15H20N4O/c1-10-5-4-8-19(13(10)9-16)15(20)14-11-6-2-3-7-12(11)17-18-14/h2-3,6-7,10,13H,4-5,8-9,16H2,1H3,(H,17,18)/t10-,13+/m1/s1. The highest BCUT2D eigenvalue weighted by molar-refractivity contribution is 6.04. The number of hydrogen-bond donors (Lipinski definition) is 2. The van der Waals surface area contributed by atoms with Gasteiger partial charge in [0, 0.05) is 24.5 Å². The van der Waals surface area contributed by atoms with Gasteiger partial charge in [-0.3, -0.25) is 9.89 Å². The number of carbonyl (C=O) groups is 1. The second-order valence-electron chi connectivity index (χ2n) is 5.54. The van der Waals surface area contributed by atoms with Gasteiger partial charge in [-0.05, 0) is 24.8 Å². The molecule has 0 aliphatic carbocycles. The highest BCUT2D eigenvalue weighted by Gasteiger charge is 2.32. The number of H-pyrrole nitrogens is 1. The van der Waals surface area contributed by atoms with Gasteiger partial charge in [-0.25, -0.2) is 0 Å². The first-order chi connectivity index (χ1) is 9.72. The number of benzene rings is 1. The number of hydrogen-bond acceptors (Lipinski definition) is 3. The fraction of sp³-hybridized carbons (Fsp3) is 0.467. The van der Waals surface area contributed by atoms with Crippen molar-refractivity contribution in [3.63, 3.8) is 0 Å². The third kappa shape index (κ3) is 2.08. The number of aromatic amines is 1. The van der Waals surface area contributed by atoms with Gasteiger partial charge in [-0.2, -0.15) is 5.10 Å². The van der Waals surface area contributed by atoms with E-state index in [1.54, 1.807) is 0 Å². The van der Waals surface area contributed by atoms with Crippen LogP contribution < -0.4 is 5.73 Å². The van der Waals surface area contributed by atoms with Crippen LogP contribution in [0.1, 0.15) is 30.3 Å². The zero-order valence-electron chi connectivity index (χ0n) is 11.7. The van der Waals surface area contributed by atoms with Crippen molar-refractivity contribution in [2.75, 3.05) is 13.1 Å². The summed E-state index contributed by atoms with van der Waals surface area (Å²) >= 11 is 0. The molecule has 2 heterocycles. The number of nitrogens with one attached hydrogen (secondary N) is 1. The van der Waals surface area contributed by atoms with Gasteiger partial charge >= 0.3 is 0 Å². The monoisotopic (exact) mass is 272 g/mol. The summed E-state index contributed by atoms with van der Waals surface area (Å²) in [6.07, 6.45) is 2.17. The van der Waals surface area contributed by atoms with Crippen molar-refractivity contribution < 1.29 is 4.79 Å². The van der Waals surface area contributed by atoms with E-state index in [4.69, 9.17) is 5.73 Å². The van der Waals surface area contributed by atoms with E-state index in [-0.39, 0.29) is 11.9 Å². The minimum absolute atomic E-state index is 0.00977. The molecule has 0 radical (unpaired) electrons. The van der Waals surface area contributed by atoms with Crippen molar-refractivity contribution in [3.8, 4) is 0 Å². The number of rotatable bonds is 2. The Bertz CT molecular complexity index is 621. The third-order valence-electron chi connectivity index (χ3n) is 4.29. The highest BCUT2D eigenvalue weighted by Crippen LogP contribution is 2.25. The van der Waals surface area contributed by atoms with Crippen molar-refractivity contribution in [2.24, 2.45) is 11.7 Å². The van der Waals surface area contributed by atoms with E-state index < -0.39 is 0 Å². The normalized spacial score (nSPS) is 23.2. The van der Waals surface area contributed by atoms with Crippen LogP contribution in [0.15, 0.2) is 24.3 Å². The fourth-order valence-corrected chi connectivity index (χ4v) is 3.12. The smallest absolute Gasteiger partial charge is 0.275 e. The average molecular weight is 272 g/mol. The van der Waals surface area contributed by atoms with E-state index in [9.17, 15) is 4.79 Å². The molecule has 0 saturated carbocycles. The minimum atomic E-state index is -0.00977. The quantitative estimate of drug-likeness (QED) is 0.874. The Morgan fingerprint density at radius 1 is 1.50 bits per heavy atom. The molecule has 1 fully saturated rings. The molecule has 1 aliphatic heterocycles. The second kappa shape index (κ2) is 5.25. The number of para-hydroxylation sites is 1. The van der Waals surface area contributed by atoms with Gasteiger partial charge in [0.25, 0.3) is 5.91 Å². The van der Waals surface area contributed by atoms with Gasteiger partial charge < -0.3 is 10.6 Å². The zero-order chi connectivity index (χ0) is 14.1. The van der Waals surface area contributed by atoms with Crippen LogP contribution >= 0.6 is 0 Å². The van der Waals surface area contributed by atoms with Crippen LogP contribution in [0.5, 0.6) is 0 Å². The summed E-state index contributed by atoms with van der Waals surface area (Å²) in [7, 11) is 0. The molecule has 0 unspecified atom stereocenters. The number of nitrogens with zero attached hydrogens (tertiary/aromatic N) is 2. The van der Waals surface area contributed by atoms with Crippen LogP contribution in [0.4, 0.5) is 0 Å². The number of nitrogens with two attached hydrogens (primary N) is 1. The van der Waals surface area contributed by atoms with Crippen LogP contribution in [-0.2, 0) is 0 Å². The second-order valence-corrected chi connectivity index (χ2v) is 5.54. The number of aromatic nitrogens is 2. The molecular weight excluding hydrogens is 252 g/mol. The number of amides is 1. The number of fused-ring (bicyclic) bond motifs is 1. The first-order valence-corrected chi connectivity index (χ1v) is 7.16. The van der Waals surface area contributed by atoms with Crippen molar-refractivity contribution in [2.45, 2.75) is 25.8 Å². The molecule has 1 aromatic carbocycles. The maximum absolute atomic E-state index is 12.8. The first-order valence-electron chi connectivity index (χ1n) is 7.16. The molecule has 0 bridgehead atoms. The van der Waals surface area contributed by atoms with Gasteiger partial charge in [0.15, 0.2) is 5.69 Å². The summed E-state index contributed by atoms with van der Waals surface area (Å²) in [6.45, 7) is 3.45. The lowest BCUT2D eigenvalue weighted by Gasteiger charge is -2.39. The molecule has 3 rings (SSSR count).